The van der Waals surface area contributed by atoms with Gasteiger partial charge >= 0.3 is 6.18 Å². The summed E-state index contributed by atoms with van der Waals surface area (Å²) in [6.45, 7) is 0. The van der Waals surface area contributed by atoms with E-state index in [1.807, 2.05) is 0 Å². The largest absolute Gasteiger partial charge is 0.417 e. The van der Waals surface area contributed by atoms with Crippen LogP contribution in [0.1, 0.15) is 30.0 Å². The van der Waals surface area contributed by atoms with Gasteiger partial charge in [-0.2, -0.15) is 13.2 Å². The number of halogens is 4. The second-order valence-corrected chi connectivity index (χ2v) is 8.58. The average molecular weight is 434 g/mol. The molecule has 0 amide bonds. The van der Waals surface area contributed by atoms with Gasteiger partial charge in [-0.05, 0) is 48.6 Å². The van der Waals surface area contributed by atoms with Crippen molar-refractivity contribution in [2.75, 3.05) is 0 Å². The van der Waals surface area contributed by atoms with Gasteiger partial charge in [0, 0.05) is 10.5 Å². The van der Waals surface area contributed by atoms with Crippen LogP contribution in [-0.4, -0.2) is 8.42 Å². The van der Waals surface area contributed by atoms with Crippen molar-refractivity contribution in [2.45, 2.75) is 30.0 Å². The molecular formula is C17H15BrF3NO2S. The van der Waals surface area contributed by atoms with Crippen LogP contribution in [0.2, 0.25) is 0 Å². The SMILES string of the molecule is O=S(=O)(NC(c1cccc(Br)c1)C1CC1)c1ccccc1C(F)(F)F. The molecule has 1 unspecified atom stereocenters. The quantitative estimate of drug-likeness (QED) is 0.728. The molecule has 134 valence electrons. The van der Waals surface area contributed by atoms with Crippen LogP contribution in [0.15, 0.2) is 57.9 Å². The van der Waals surface area contributed by atoms with E-state index in [4.69, 9.17) is 0 Å². The molecular weight excluding hydrogens is 419 g/mol. The Bertz CT molecular complexity index is 879. The van der Waals surface area contributed by atoms with Crippen LogP contribution < -0.4 is 4.72 Å². The first kappa shape index (κ1) is 18.4. The van der Waals surface area contributed by atoms with Crippen molar-refractivity contribution in [2.24, 2.45) is 5.92 Å². The lowest BCUT2D eigenvalue weighted by atomic mass is 10.0. The number of alkyl halides is 3. The molecule has 2 aromatic rings. The van der Waals surface area contributed by atoms with Gasteiger partial charge in [-0.3, -0.25) is 0 Å². The van der Waals surface area contributed by atoms with Gasteiger partial charge in [0.15, 0.2) is 0 Å². The molecule has 1 aliphatic rings. The van der Waals surface area contributed by atoms with Crippen molar-refractivity contribution >= 4 is 26.0 Å². The standard InChI is InChI=1S/C17H15BrF3NO2S/c18-13-5-3-4-12(10-13)16(11-8-9-11)22-25(23,24)15-7-2-1-6-14(15)17(19,20)21/h1-7,10-11,16,22H,8-9H2. The number of sulfonamides is 1. The minimum atomic E-state index is -4.74. The molecule has 0 spiro atoms. The Morgan fingerprint density at radius 2 is 1.76 bits per heavy atom. The van der Waals surface area contributed by atoms with Gasteiger partial charge in [0.1, 0.15) is 0 Å². The Labute approximate surface area is 152 Å². The molecule has 1 atom stereocenters. The number of hydrogen-bond donors (Lipinski definition) is 1. The lowest BCUT2D eigenvalue weighted by Crippen LogP contribution is -2.31. The summed E-state index contributed by atoms with van der Waals surface area (Å²) in [5, 5.41) is 0. The minimum absolute atomic E-state index is 0.0853. The van der Waals surface area contributed by atoms with Crippen molar-refractivity contribution in [1.29, 1.82) is 0 Å². The Hall–Kier alpha value is -1.38. The fourth-order valence-electron chi connectivity index (χ4n) is 2.73. The predicted octanol–water partition coefficient (Wildman–Crippen LogP) is 4.90. The third kappa shape index (κ3) is 4.24. The van der Waals surface area contributed by atoms with Gasteiger partial charge in [0.2, 0.25) is 10.0 Å². The minimum Gasteiger partial charge on any atom is -0.207 e. The van der Waals surface area contributed by atoms with E-state index in [0.717, 1.165) is 35.0 Å². The molecule has 1 fully saturated rings. The van der Waals surface area contributed by atoms with Crippen molar-refractivity contribution in [3.05, 3.63) is 64.1 Å². The van der Waals surface area contributed by atoms with E-state index < -0.39 is 32.7 Å². The van der Waals surface area contributed by atoms with Crippen LogP contribution in [0, 0.1) is 5.92 Å². The number of benzene rings is 2. The topological polar surface area (TPSA) is 46.2 Å². The van der Waals surface area contributed by atoms with Crippen molar-refractivity contribution in [1.82, 2.24) is 4.72 Å². The molecule has 0 bridgehead atoms. The highest BCUT2D eigenvalue weighted by Gasteiger charge is 2.40. The normalized spacial score (nSPS) is 16.6. The van der Waals surface area contributed by atoms with Crippen LogP contribution >= 0.6 is 15.9 Å². The third-order valence-electron chi connectivity index (χ3n) is 4.07. The third-order valence-corrected chi connectivity index (χ3v) is 6.06. The summed E-state index contributed by atoms with van der Waals surface area (Å²) in [4.78, 5) is -0.747. The van der Waals surface area contributed by atoms with E-state index in [2.05, 4.69) is 20.7 Å². The first-order valence-electron chi connectivity index (χ1n) is 7.62. The molecule has 0 radical (unpaired) electrons. The summed E-state index contributed by atoms with van der Waals surface area (Å²) in [6, 6.07) is 10.8. The zero-order chi connectivity index (χ0) is 18.2. The molecule has 0 heterocycles. The molecule has 3 nitrogen and oxygen atoms in total. The fourth-order valence-corrected chi connectivity index (χ4v) is 4.67. The van der Waals surface area contributed by atoms with E-state index >= 15 is 0 Å². The van der Waals surface area contributed by atoms with Gasteiger partial charge in [-0.15, -0.1) is 0 Å². The first-order valence-corrected chi connectivity index (χ1v) is 9.90. The number of hydrogen-bond acceptors (Lipinski definition) is 2. The average Bonchev–Trinajstić information content (AvgIpc) is 3.37. The smallest absolute Gasteiger partial charge is 0.207 e. The monoisotopic (exact) mass is 433 g/mol. The van der Waals surface area contributed by atoms with Gasteiger partial charge in [0.05, 0.1) is 10.5 Å². The highest BCUT2D eigenvalue weighted by Crippen LogP contribution is 2.43. The second-order valence-electron chi connectivity index (χ2n) is 5.99. The van der Waals surface area contributed by atoms with Crippen molar-refractivity contribution in [3.63, 3.8) is 0 Å². The van der Waals surface area contributed by atoms with Gasteiger partial charge in [-0.25, -0.2) is 13.1 Å². The van der Waals surface area contributed by atoms with Crippen LogP contribution in [0.25, 0.3) is 0 Å². The van der Waals surface area contributed by atoms with Crippen LogP contribution in [-0.2, 0) is 16.2 Å². The van der Waals surface area contributed by atoms with E-state index in [1.165, 1.54) is 12.1 Å². The number of nitrogens with one attached hydrogen (secondary N) is 1. The lowest BCUT2D eigenvalue weighted by molar-refractivity contribution is -0.139. The van der Waals surface area contributed by atoms with Crippen LogP contribution in [0.4, 0.5) is 13.2 Å². The summed E-state index contributed by atoms with van der Waals surface area (Å²) in [5.41, 5.74) is -0.434. The molecule has 0 saturated heterocycles. The van der Waals surface area contributed by atoms with E-state index in [9.17, 15) is 21.6 Å². The molecule has 1 saturated carbocycles. The molecule has 1 aliphatic carbocycles. The Morgan fingerprint density at radius 3 is 2.36 bits per heavy atom. The van der Waals surface area contributed by atoms with Crippen LogP contribution in [0.3, 0.4) is 0 Å². The molecule has 25 heavy (non-hydrogen) atoms. The summed E-state index contributed by atoms with van der Waals surface area (Å²) in [7, 11) is -4.32. The Balaban J connectivity index is 1.98. The summed E-state index contributed by atoms with van der Waals surface area (Å²) in [5.74, 6) is 0.0853. The number of rotatable bonds is 5. The van der Waals surface area contributed by atoms with Gasteiger partial charge in [-0.1, -0.05) is 40.2 Å². The van der Waals surface area contributed by atoms with E-state index in [0.29, 0.717) is 0 Å². The maximum Gasteiger partial charge on any atom is 0.417 e. The zero-order valence-corrected chi connectivity index (χ0v) is 15.3. The van der Waals surface area contributed by atoms with E-state index in [1.54, 1.807) is 24.3 Å². The van der Waals surface area contributed by atoms with Gasteiger partial charge in [0.25, 0.3) is 0 Å². The van der Waals surface area contributed by atoms with Crippen LogP contribution in [0.5, 0.6) is 0 Å². The lowest BCUT2D eigenvalue weighted by Gasteiger charge is -2.21. The summed E-state index contributed by atoms with van der Waals surface area (Å²) >= 11 is 3.34. The molecule has 0 aliphatic heterocycles. The molecule has 2 aromatic carbocycles. The second kappa shape index (κ2) is 6.74. The molecule has 3 rings (SSSR count). The van der Waals surface area contributed by atoms with E-state index in [-0.39, 0.29) is 5.92 Å². The highest BCUT2D eigenvalue weighted by atomic mass is 79.9. The summed E-state index contributed by atoms with van der Waals surface area (Å²) in [6.07, 6.45) is -3.07. The molecule has 1 N–H and O–H groups in total. The zero-order valence-electron chi connectivity index (χ0n) is 12.9. The molecule has 8 heteroatoms. The Kier molecular flexibility index (Phi) is 4.96. The highest BCUT2D eigenvalue weighted by molar-refractivity contribution is 9.10. The van der Waals surface area contributed by atoms with Crippen molar-refractivity contribution in [3.8, 4) is 0 Å². The maximum atomic E-state index is 13.2. The molecule has 0 aromatic heterocycles. The summed E-state index contributed by atoms with van der Waals surface area (Å²) < 4.78 is 68.1. The van der Waals surface area contributed by atoms with Gasteiger partial charge < -0.3 is 0 Å². The fraction of sp³-hybridized carbons (Fsp3) is 0.294. The Morgan fingerprint density at radius 1 is 1.08 bits per heavy atom. The first-order chi connectivity index (χ1) is 11.7. The predicted molar refractivity (Wildman–Crippen MR) is 91.4 cm³/mol. The maximum absolute atomic E-state index is 13.2. The van der Waals surface area contributed by atoms with Crippen molar-refractivity contribution < 1.29 is 21.6 Å².